The molecule has 3 N–H and O–H groups in total. The van der Waals surface area contributed by atoms with Gasteiger partial charge in [0.1, 0.15) is 5.25 Å². The van der Waals surface area contributed by atoms with Gasteiger partial charge in [-0.25, -0.2) is 9.98 Å². The number of hydrogen-bond acceptors (Lipinski definition) is 6. The maximum absolute atomic E-state index is 11.7. The number of hydrogen-bond donors (Lipinski definition) is 2. The van der Waals surface area contributed by atoms with Crippen molar-refractivity contribution in [1.82, 2.24) is 10.3 Å². The summed E-state index contributed by atoms with van der Waals surface area (Å²) >= 11 is 1.39. The van der Waals surface area contributed by atoms with Crippen LogP contribution in [0.25, 0.3) is 0 Å². The van der Waals surface area contributed by atoms with Crippen LogP contribution in [0.2, 0.25) is 0 Å². The highest BCUT2D eigenvalue weighted by molar-refractivity contribution is 8.01. The molecule has 0 fully saturated rings. The highest BCUT2D eigenvalue weighted by Gasteiger charge is 2.34. The number of carbonyl (C=O) groups excluding carboxylic acids is 1. The van der Waals surface area contributed by atoms with Gasteiger partial charge in [-0.3, -0.25) is 10.1 Å². The summed E-state index contributed by atoms with van der Waals surface area (Å²) in [6, 6.07) is 3.81. The second-order valence-electron chi connectivity index (χ2n) is 3.73. The number of pyridine rings is 1. The fourth-order valence-corrected chi connectivity index (χ4v) is 2.62. The number of fused-ring (bicyclic) bond motifs is 2. The summed E-state index contributed by atoms with van der Waals surface area (Å²) in [6.45, 7) is 1.89. The summed E-state index contributed by atoms with van der Waals surface area (Å²) in [7, 11) is 0. The zero-order chi connectivity index (χ0) is 12.0. The molecule has 1 amide bonds. The molecule has 0 bridgehead atoms. The van der Waals surface area contributed by atoms with Crippen LogP contribution in [0.1, 0.15) is 5.69 Å². The lowest BCUT2D eigenvalue weighted by Crippen LogP contribution is -2.49. The van der Waals surface area contributed by atoms with Gasteiger partial charge in [-0.1, -0.05) is 0 Å². The van der Waals surface area contributed by atoms with Gasteiger partial charge in [-0.15, -0.1) is 11.8 Å². The number of rotatable bonds is 0. The molecule has 0 aromatic carbocycles. The van der Waals surface area contributed by atoms with Gasteiger partial charge in [0.15, 0.2) is 11.7 Å². The molecule has 0 saturated heterocycles. The molecule has 1 aromatic rings. The van der Waals surface area contributed by atoms with Crippen molar-refractivity contribution in [2.24, 2.45) is 15.7 Å². The fourth-order valence-electron chi connectivity index (χ4n) is 1.65. The Balaban J connectivity index is 2.13. The van der Waals surface area contributed by atoms with E-state index in [1.54, 1.807) is 0 Å². The standard InChI is InChI=1S/C10H9N5OS/c1-4-2-3-5-7(12-4)13-8-6(17-5)9(16)15-10(11)14-8/h2-3,6H,1H3,(H3,11,12,13,14,15,16). The minimum atomic E-state index is -0.431. The number of amidine groups is 1. The van der Waals surface area contributed by atoms with E-state index in [4.69, 9.17) is 5.73 Å². The van der Waals surface area contributed by atoms with Crippen LogP contribution >= 0.6 is 11.8 Å². The van der Waals surface area contributed by atoms with Crippen LogP contribution in [0.15, 0.2) is 27.0 Å². The predicted molar refractivity (Wildman–Crippen MR) is 65.5 cm³/mol. The minimum absolute atomic E-state index is 0.0849. The van der Waals surface area contributed by atoms with E-state index >= 15 is 0 Å². The van der Waals surface area contributed by atoms with Crippen LogP contribution in [-0.2, 0) is 4.79 Å². The average molecular weight is 247 g/mol. The van der Waals surface area contributed by atoms with Crippen LogP contribution in [0.3, 0.4) is 0 Å². The van der Waals surface area contributed by atoms with E-state index in [1.807, 2.05) is 19.1 Å². The molecule has 0 saturated carbocycles. The van der Waals surface area contributed by atoms with Crippen LogP contribution in [0.4, 0.5) is 5.82 Å². The smallest absolute Gasteiger partial charge is 0.247 e. The second kappa shape index (κ2) is 3.56. The Morgan fingerprint density at radius 1 is 1.41 bits per heavy atom. The van der Waals surface area contributed by atoms with Crippen LogP contribution < -0.4 is 11.1 Å². The summed E-state index contributed by atoms with van der Waals surface area (Å²) in [4.78, 5) is 25.2. The molecule has 2 aliphatic rings. The molecule has 3 rings (SSSR count). The number of aromatic nitrogens is 1. The van der Waals surface area contributed by atoms with Crippen LogP contribution in [0.5, 0.6) is 0 Å². The zero-order valence-electron chi connectivity index (χ0n) is 8.97. The van der Waals surface area contributed by atoms with Crippen molar-refractivity contribution in [2.45, 2.75) is 17.1 Å². The number of aryl methyl sites for hydroxylation is 1. The zero-order valence-corrected chi connectivity index (χ0v) is 9.78. The van der Waals surface area contributed by atoms with E-state index in [2.05, 4.69) is 20.3 Å². The third-order valence-electron chi connectivity index (χ3n) is 2.40. The van der Waals surface area contributed by atoms with Crippen molar-refractivity contribution in [2.75, 3.05) is 0 Å². The van der Waals surface area contributed by atoms with E-state index in [9.17, 15) is 4.79 Å². The van der Waals surface area contributed by atoms with Crippen molar-refractivity contribution in [3.63, 3.8) is 0 Å². The maximum Gasteiger partial charge on any atom is 0.247 e. The first-order valence-corrected chi connectivity index (χ1v) is 5.89. The molecule has 6 nitrogen and oxygen atoms in total. The Labute approximate surface area is 101 Å². The topological polar surface area (TPSA) is 92.7 Å². The van der Waals surface area contributed by atoms with E-state index in [1.165, 1.54) is 11.8 Å². The van der Waals surface area contributed by atoms with E-state index in [0.29, 0.717) is 11.7 Å². The first kappa shape index (κ1) is 10.3. The number of carbonyl (C=O) groups is 1. The van der Waals surface area contributed by atoms with Gasteiger partial charge in [0.25, 0.3) is 0 Å². The van der Waals surface area contributed by atoms with Crippen molar-refractivity contribution in [3.05, 3.63) is 17.8 Å². The average Bonchev–Trinajstić information content (AvgIpc) is 2.26. The molecule has 7 heteroatoms. The van der Waals surface area contributed by atoms with Gasteiger partial charge < -0.3 is 5.73 Å². The SMILES string of the molecule is Cc1ccc2c(n1)N=C1N=C(N)NC(=O)C1S2. The van der Waals surface area contributed by atoms with E-state index < -0.39 is 5.25 Å². The highest BCUT2D eigenvalue weighted by atomic mass is 32.2. The fraction of sp³-hybridized carbons (Fsp3) is 0.200. The van der Waals surface area contributed by atoms with Gasteiger partial charge >= 0.3 is 0 Å². The third kappa shape index (κ3) is 1.68. The number of nitrogens with zero attached hydrogens (tertiary/aromatic N) is 3. The number of thioether (sulfide) groups is 1. The maximum atomic E-state index is 11.7. The van der Waals surface area contributed by atoms with Gasteiger partial charge in [0.2, 0.25) is 11.9 Å². The largest absolute Gasteiger partial charge is 0.369 e. The van der Waals surface area contributed by atoms with Gasteiger partial charge in [0, 0.05) is 5.69 Å². The summed E-state index contributed by atoms with van der Waals surface area (Å²) < 4.78 is 0. The van der Waals surface area contributed by atoms with Crippen molar-refractivity contribution in [1.29, 1.82) is 0 Å². The molecular formula is C10H9N5OS. The summed E-state index contributed by atoms with van der Waals surface area (Å²) in [5, 5.41) is 2.06. The lowest BCUT2D eigenvalue weighted by atomic mass is 10.3. The normalized spacial score (nSPS) is 21.9. The molecule has 2 aliphatic heterocycles. The highest BCUT2D eigenvalue weighted by Crippen LogP contribution is 2.37. The van der Waals surface area contributed by atoms with E-state index in [-0.39, 0.29) is 11.9 Å². The summed E-state index contributed by atoms with van der Waals surface area (Å²) in [6.07, 6.45) is 0. The Kier molecular flexibility index (Phi) is 2.15. The first-order valence-electron chi connectivity index (χ1n) is 5.01. The minimum Gasteiger partial charge on any atom is -0.369 e. The number of nitrogens with two attached hydrogens (primary N) is 1. The van der Waals surface area contributed by atoms with Crippen molar-refractivity contribution < 1.29 is 4.79 Å². The van der Waals surface area contributed by atoms with E-state index in [0.717, 1.165) is 10.6 Å². The predicted octanol–water partition coefficient (Wildman–Crippen LogP) is 0.339. The Bertz CT molecular complexity index is 580. The molecular weight excluding hydrogens is 238 g/mol. The molecule has 86 valence electrons. The van der Waals surface area contributed by atoms with Crippen molar-refractivity contribution >= 4 is 35.3 Å². The summed E-state index contributed by atoms with van der Waals surface area (Å²) in [5.41, 5.74) is 6.37. The lowest BCUT2D eigenvalue weighted by Gasteiger charge is -2.24. The number of nitrogens with one attached hydrogen (secondary N) is 1. The van der Waals surface area contributed by atoms with Gasteiger partial charge in [0.05, 0.1) is 4.90 Å². The van der Waals surface area contributed by atoms with Gasteiger partial charge in [-0.05, 0) is 19.1 Å². The van der Waals surface area contributed by atoms with Crippen LogP contribution in [-0.4, -0.2) is 27.9 Å². The number of aliphatic imine (C=N–C) groups is 2. The molecule has 1 unspecified atom stereocenters. The molecule has 3 heterocycles. The number of guanidine groups is 1. The van der Waals surface area contributed by atoms with Crippen LogP contribution in [0, 0.1) is 6.92 Å². The molecule has 0 radical (unpaired) electrons. The monoisotopic (exact) mass is 247 g/mol. The molecule has 0 spiro atoms. The Morgan fingerprint density at radius 2 is 2.24 bits per heavy atom. The Morgan fingerprint density at radius 3 is 3.06 bits per heavy atom. The number of amides is 1. The molecule has 17 heavy (non-hydrogen) atoms. The second-order valence-corrected chi connectivity index (χ2v) is 4.88. The summed E-state index contributed by atoms with van der Waals surface area (Å²) in [5.74, 6) is 0.920. The molecule has 1 atom stereocenters. The molecule has 1 aromatic heterocycles. The first-order chi connectivity index (χ1) is 8.13. The Hall–Kier alpha value is -1.89. The lowest BCUT2D eigenvalue weighted by molar-refractivity contribution is -0.118. The van der Waals surface area contributed by atoms with Gasteiger partial charge in [-0.2, -0.15) is 4.99 Å². The third-order valence-corrected chi connectivity index (χ3v) is 3.64. The van der Waals surface area contributed by atoms with Crippen molar-refractivity contribution in [3.8, 4) is 0 Å². The molecule has 0 aliphatic carbocycles. The quantitative estimate of drug-likeness (QED) is 0.691.